The van der Waals surface area contributed by atoms with Crippen LogP contribution in [0.3, 0.4) is 0 Å². The van der Waals surface area contributed by atoms with Crippen LogP contribution in [0.4, 0.5) is 5.69 Å². The van der Waals surface area contributed by atoms with Gasteiger partial charge in [0.25, 0.3) is 5.91 Å². The number of para-hydroxylation sites is 1. The van der Waals surface area contributed by atoms with Gasteiger partial charge < -0.3 is 14.8 Å². The topological polar surface area (TPSA) is 64.6 Å². The van der Waals surface area contributed by atoms with Gasteiger partial charge >= 0.3 is 5.97 Å². The van der Waals surface area contributed by atoms with E-state index in [1.54, 1.807) is 31.2 Å². The Morgan fingerprint density at radius 2 is 1.69 bits per heavy atom. The summed E-state index contributed by atoms with van der Waals surface area (Å²) in [6.45, 7) is 7.37. The molecule has 2 aromatic rings. The first-order chi connectivity index (χ1) is 12.4. The van der Waals surface area contributed by atoms with Gasteiger partial charge in [0, 0.05) is 11.3 Å². The molecular formula is C21H25NO4. The second kappa shape index (κ2) is 9.04. The molecule has 0 aliphatic carbocycles. The van der Waals surface area contributed by atoms with E-state index in [4.69, 9.17) is 9.47 Å². The molecule has 1 amide bonds. The predicted octanol–water partition coefficient (Wildman–Crippen LogP) is 4.36. The number of ether oxygens (including phenoxy) is 2. The van der Waals surface area contributed by atoms with Crippen LogP contribution in [0.15, 0.2) is 48.5 Å². The monoisotopic (exact) mass is 355 g/mol. The van der Waals surface area contributed by atoms with Crippen LogP contribution in [0.25, 0.3) is 0 Å². The largest absolute Gasteiger partial charge is 0.479 e. The van der Waals surface area contributed by atoms with Gasteiger partial charge in [0.2, 0.25) is 0 Å². The minimum Gasteiger partial charge on any atom is -0.479 e. The molecule has 0 saturated carbocycles. The Balaban J connectivity index is 1.96. The molecule has 0 spiro atoms. The van der Waals surface area contributed by atoms with Crippen LogP contribution in [0.1, 0.15) is 43.1 Å². The maximum Gasteiger partial charge on any atom is 0.347 e. The lowest BCUT2D eigenvalue weighted by Crippen LogP contribution is -2.29. The highest BCUT2D eigenvalue weighted by atomic mass is 16.6. The molecule has 138 valence electrons. The van der Waals surface area contributed by atoms with Crippen molar-refractivity contribution in [2.45, 2.75) is 46.3 Å². The quantitative estimate of drug-likeness (QED) is 0.750. The maximum absolute atomic E-state index is 12.3. The molecular weight excluding hydrogens is 330 g/mol. The van der Waals surface area contributed by atoms with Crippen molar-refractivity contribution in [3.63, 3.8) is 0 Å². The molecule has 1 N–H and O–H groups in total. The first-order valence-electron chi connectivity index (χ1n) is 8.75. The van der Waals surface area contributed by atoms with E-state index in [0.717, 1.165) is 17.7 Å². The molecule has 0 unspecified atom stereocenters. The standard InChI is InChI=1S/C21H25NO4/c1-5-15(3)25-21(24)16(4)26-18-12-10-17(11-13-18)20(23)22-19-9-7-6-8-14(19)2/h6-13,15-16H,5H2,1-4H3,(H,22,23)/t15-,16+/m1/s1. The zero-order valence-corrected chi connectivity index (χ0v) is 15.6. The van der Waals surface area contributed by atoms with E-state index in [1.807, 2.05) is 45.0 Å². The average Bonchev–Trinajstić information content (AvgIpc) is 2.63. The van der Waals surface area contributed by atoms with Crippen LogP contribution in [-0.2, 0) is 9.53 Å². The lowest BCUT2D eigenvalue weighted by atomic mass is 10.1. The fourth-order valence-corrected chi connectivity index (χ4v) is 2.22. The summed E-state index contributed by atoms with van der Waals surface area (Å²) in [6.07, 6.45) is -0.0971. The van der Waals surface area contributed by atoms with Gasteiger partial charge in [-0.2, -0.15) is 0 Å². The second-order valence-corrected chi connectivity index (χ2v) is 6.21. The number of hydrogen-bond acceptors (Lipinski definition) is 4. The molecule has 5 nitrogen and oxygen atoms in total. The third-order valence-electron chi connectivity index (χ3n) is 4.05. The Bertz CT molecular complexity index is 755. The van der Waals surface area contributed by atoms with Gasteiger partial charge in [0.15, 0.2) is 6.10 Å². The molecule has 5 heteroatoms. The molecule has 2 rings (SSSR count). The summed E-state index contributed by atoms with van der Waals surface area (Å²) in [5, 5.41) is 2.88. The fourth-order valence-electron chi connectivity index (χ4n) is 2.22. The number of carbonyl (C=O) groups excluding carboxylic acids is 2. The number of esters is 1. The van der Waals surface area contributed by atoms with E-state index in [-0.39, 0.29) is 12.0 Å². The molecule has 0 aliphatic rings. The highest BCUT2D eigenvalue weighted by Crippen LogP contribution is 2.18. The third-order valence-corrected chi connectivity index (χ3v) is 4.05. The average molecular weight is 355 g/mol. The zero-order valence-electron chi connectivity index (χ0n) is 15.6. The second-order valence-electron chi connectivity index (χ2n) is 6.21. The molecule has 0 aliphatic heterocycles. The highest BCUT2D eigenvalue weighted by molar-refractivity contribution is 6.04. The number of carbonyl (C=O) groups is 2. The summed E-state index contributed by atoms with van der Waals surface area (Å²) in [6, 6.07) is 14.2. The summed E-state index contributed by atoms with van der Waals surface area (Å²) < 4.78 is 10.8. The van der Waals surface area contributed by atoms with Crippen LogP contribution in [0, 0.1) is 6.92 Å². The van der Waals surface area contributed by atoms with Gasteiger partial charge in [-0.3, -0.25) is 4.79 Å². The summed E-state index contributed by atoms with van der Waals surface area (Å²) >= 11 is 0. The van der Waals surface area contributed by atoms with E-state index >= 15 is 0 Å². The minimum absolute atomic E-state index is 0.138. The van der Waals surface area contributed by atoms with E-state index in [1.165, 1.54) is 0 Å². The number of anilines is 1. The highest BCUT2D eigenvalue weighted by Gasteiger charge is 2.18. The number of aryl methyl sites for hydroxylation is 1. The molecule has 2 atom stereocenters. The van der Waals surface area contributed by atoms with Gasteiger partial charge in [0.05, 0.1) is 6.10 Å². The molecule has 0 saturated heterocycles. The van der Waals surface area contributed by atoms with E-state index < -0.39 is 12.1 Å². The first kappa shape index (κ1) is 19.5. The van der Waals surface area contributed by atoms with Crippen LogP contribution in [0.5, 0.6) is 5.75 Å². The number of amides is 1. The normalized spacial score (nSPS) is 12.8. The van der Waals surface area contributed by atoms with E-state index in [0.29, 0.717) is 11.3 Å². The van der Waals surface area contributed by atoms with Gasteiger partial charge in [-0.1, -0.05) is 25.1 Å². The van der Waals surface area contributed by atoms with Crippen molar-refractivity contribution >= 4 is 17.6 Å². The van der Waals surface area contributed by atoms with Gasteiger partial charge in [0.1, 0.15) is 5.75 Å². The number of benzene rings is 2. The lowest BCUT2D eigenvalue weighted by molar-refractivity contribution is -0.155. The Labute approximate surface area is 154 Å². The van der Waals surface area contributed by atoms with Gasteiger partial charge in [-0.25, -0.2) is 4.79 Å². The van der Waals surface area contributed by atoms with Crippen molar-refractivity contribution in [2.75, 3.05) is 5.32 Å². The minimum atomic E-state index is -0.712. The molecule has 2 aromatic carbocycles. The zero-order chi connectivity index (χ0) is 19.1. The molecule has 0 heterocycles. The smallest absolute Gasteiger partial charge is 0.347 e. The summed E-state index contributed by atoms with van der Waals surface area (Å²) in [7, 11) is 0. The third kappa shape index (κ3) is 5.34. The van der Waals surface area contributed by atoms with Crippen molar-refractivity contribution in [3.8, 4) is 5.75 Å². The Morgan fingerprint density at radius 3 is 2.31 bits per heavy atom. The van der Waals surface area contributed by atoms with Crippen molar-refractivity contribution in [1.29, 1.82) is 0 Å². The van der Waals surface area contributed by atoms with Crippen LogP contribution in [0.2, 0.25) is 0 Å². The Kier molecular flexibility index (Phi) is 6.78. The van der Waals surface area contributed by atoms with Crippen LogP contribution in [-0.4, -0.2) is 24.1 Å². The molecule has 26 heavy (non-hydrogen) atoms. The summed E-state index contributed by atoms with van der Waals surface area (Å²) in [5.74, 6) is -0.0955. The molecule has 0 fully saturated rings. The molecule has 0 bridgehead atoms. The summed E-state index contributed by atoms with van der Waals surface area (Å²) in [5.41, 5.74) is 2.28. The van der Waals surface area contributed by atoms with Crippen molar-refractivity contribution in [3.05, 3.63) is 59.7 Å². The maximum atomic E-state index is 12.3. The van der Waals surface area contributed by atoms with Crippen molar-refractivity contribution < 1.29 is 19.1 Å². The van der Waals surface area contributed by atoms with Gasteiger partial charge in [-0.05, 0) is 63.1 Å². The van der Waals surface area contributed by atoms with Crippen LogP contribution >= 0.6 is 0 Å². The SMILES string of the molecule is CC[C@@H](C)OC(=O)[C@H](C)Oc1ccc(C(=O)Nc2ccccc2C)cc1. The Hall–Kier alpha value is -2.82. The van der Waals surface area contributed by atoms with Gasteiger partial charge in [-0.15, -0.1) is 0 Å². The molecule has 0 aromatic heterocycles. The molecule has 0 radical (unpaired) electrons. The van der Waals surface area contributed by atoms with Crippen LogP contribution < -0.4 is 10.1 Å². The van der Waals surface area contributed by atoms with Crippen molar-refractivity contribution in [2.24, 2.45) is 0 Å². The van der Waals surface area contributed by atoms with Crippen molar-refractivity contribution in [1.82, 2.24) is 0 Å². The number of nitrogens with one attached hydrogen (secondary N) is 1. The lowest BCUT2D eigenvalue weighted by Gasteiger charge is -2.17. The van der Waals surface area contributed by atoms with E-state index in [2.05, 4.69) is 5.32 Å². The fraction of sp³-hybridized carbons (Fsp3) is 0.333. The Morgan fingerprint density at radius 1 is 1.04 bits per heavy atom. The number of hydrogen-bond donors (Lipinski definition) is 1. The van der Waals surface area contributed by atoms with E-state index in [9.17, 15) is 9.59 Å². The first-order valence-corrected chi connectivity index (χ1v) is 8.75. The number of rotatable bonds is 7. The predicted molar refractivity (Wildman–Crippen MR) is 102 cm³/mol. The summed E-state index contributed by atoms with van der Waals surface area (Å²) in [4.78, 5) is 24.3.